The number of imidazole rings is 1. The second kappa shape index (κ2) is 8.59. The number of ether oxygens (including phenoxy) is 1. The molecule has 3 aromatic rings. The lowest BCUT2D eigenvalue weighted by molar-refractivity contribution is -0.0140. The highest BCUT2D eigenvalue weighted by Crippen LogP contribution is 2.32. The number of carbonyl (C=O) groups excluding carboxylic acids is 1. The van der Waals surface area contributed by atoms with Gasteiger partial charge in [0.05, 0.1) is 18.2 Å². The number of β-amino-alcohol motifs (C(OH)–C–C–N with tert-alkyl or cyclic N) is 1. The topological polar surface area (TPSA) is 79.1 Å². The minimum Gasteiger partial charge on any atom is -0.389 e. The molecular weight excluding hydrogens is 472 g/mol. The molecule has 168 valence electrons. The van der Waals surface area contributed by atoms with Gasteiger partial charge in [-0.1, -0.05) is 24.3 Å². The monoisotopic (exact) mass is 498 g/mol. The molecule has 32 heavy (non-hydrogen) atoms. The Hall–Kier alpha value is -2.26. The molecule has 1 aromatic carbocycles. The number of amides is 1. The number of halogens is 1. The van der Waals surface area contributed by atoms with E-state index in [0.717, 1.165) is 28.6 Å². The molecule has 2 aliphatic rings. The summed E-state index contributed by atoms with van der Waals surface area (Å²) < 4.78 is 8.01. The van der Waals surface area contributed by atoms with E-state index < -0.39 is 6.10 Å². The first-order chi connectivity index (χ1) is 15.5. The first-order valence-electron chi connectivity index (χ1n) is 10.9. The second-order valence-electron chi connectivity index (χ2n) is 8.76. The molecule has 0 aliphatic carbocycles. The zero-order valence-corrected chi connectivity index (χ0v) is 19.6. The number of nitrogens with one attached hydrogen (secondary N) is 1. The Morgan fingerprint density at radius 1 is 1.34 bits per heavy atom. The minimum absolute atomic E-state index is 0.146. The summed E-state index contributed by atoms with van der Waals surface area (Å²) in [5, 5.41) is 14.7. The quantitative estimate of drug-likeness (QED) is 0.577. The van der Waals surface area contributed by atoms with Crippen LogP contribution in [0, 0.1) is 0 Å². The Labute approximate surface area is 195 Å². The van der Waals surface area contributed by atoms with Gasteiger partial charge in [0.15, 0.2) is 0 Å². The molecule has 2 aromatic heterocycles. The third-order valence-electron chi connectivity index (χ3n) is 6.79. The lowest BCUT2D eigenvalue weighted by atomic mass is 9.76. The van der Waals surface area contributed by atoms with Gasteiger partial charge in [0.1, 0.15) is 11.3 Å². The van der Waals surface area contributed by atoms with Crippen LogP contribution in [0.3, 0.4) is 0 Å². The molecule has 1 fully saturated rings. The van der Waals surface area contributed by atoms with Gasteiger partial charge in [-0.25, -0.2) is 4.98 Å². The number of likely N-dealkylation sites (tertiary alicyclic amines) is 1. The van der Waals surface area contributed by atoms with E-state index in [4.69, 9.17) is 4.74 Å². The molecule has 0 saturated carbocycles. The maximum atomic E-state index is 13.3. The van der Waals surface area contributed by atoms with Crippen molar-refractivity contribution < 1.29 is 14.6 Å². The number of fused-ring (bicyclic) bond motifs is 2. The SMILES string of the molecule is COCCc1cc(Br)cn2cc(C(=O)N3CC[C@]4(Cc5ccccc5CN4)[C@H](O)C3)nc12. The molecule has 2 atom stereocenters. The van der Waals surface area contributed by atoms with Gasteiger partial charge in [-0.15, -0.1) is 0 Å². The van der Waals surface area contributed by atoms with E-state index in [1.54, 1.807) is 18.2 Å². The van der Waals surface area contributed by atoms with Crippen molar-refractivity contribution in [2.24, 2.45) is 0 Å². The predicted molar refractivity (Wildman–Crippen MR) is 125 cm³/mol. The highest BCUT2D eigenvalue weighted by molar-refractivity contribution is 9.10. The number of aliphatic hydroxyl groups excluding tert-OH is 1. The molecule has 2 aliphatic heterocycles. The normalized spacial score (nSPS) is 23.0. The summed E-state index contributed by atoms with van der Waals surface area (Å²) in [5.41, 5.74) is 4.34. The van der Waals surface area contributed by atoms with Crippen LogP contribution in [0.1, 0.15) is 33.6 Å². The number of aliphatic hydroxyl groups is 1. The molecule has 5 rings (SSSR count). The number of carbonyl (C=O) groups is 1. The van der Waals surface area contributed by atoms with Crippen molar-refractivity contribution in [2.75, 3.05) is 26.8 Å². The van der Waals surface area contributed by atoms with Gasteiger partial charge >= 0.3 is 0 Å². The standard InChI is InChI=1S/C24H27BrN4O3/c1-32-9-6-16-10-19(25)13-29-14-20(27-22(16)29)23(31)28-8-7-24(21(30)15-28)11-17-4-2-3-5-18(17)12-26-24/h2-5,10,13-14,21,26,30H,6-9,11-12,15H2,1H3/t21-,24+/m1/s1. The number of hydrogen-bond acceptors (Lipinski definition) is 5. The summed E-state index contributed by atoms with van der Waals surface area (Å²) in [6, 6.07) is 10.4. The van der Waals surface area contributed by atoms with Gasteiger partial charge < -0.3 is 24.5 Å². The van der Waals surface area contributed by atoms with E-state index in [9.17, 15) is 9.90 Å². The van der Waals surface area contributed by atoms with Crippen LogP contribution in [0.15, 0.2) is 47.2 Å². The molecule has 0 bridgehead atoms. The summed E-state index contributed by atoms with van der Waals surface area (Å²) in [5.74, 6) is -0.146. The first-order valence-corrected chi connectivity index (χ1v) is 11.7. The van der Waals surface area contributed by atoms with Gasteiger partial charge in [0.25, 0.3) is 5.91 Å². The third kappa shape index (κ3) is 3.85. The van der Waals surface area contributed by atoms with Crippen LogP contribution in [-0.2, 0) is 24.1 Å². The Balaban J connectivity index is 1.35. The van der Waals surface area contributed by atoms with E-state index in [-0.39, 0.29) is 11.4 Å². The fourth-order valence-corrected chi connectivity index (χ4v) is 5.44. The second-order valence-corrected chi connectivity index (χ2v) is 9.67. The minimum atomic E-state index is -0.642. The number of methoxy groups -OCH3 is 1. The van der Waals surface area contributed by atoms with Crippen LogP contribution in [0.2, 0.25) is 0 Å². The summed E-state index contributed by atoms with van der Waals surface area (Å²) in [7, 11) is 1.67. The number of piperidine rings is 1. The van der Waals surface area contributed by atoms with Crippen LogP contribution < -0.4 is 5.32 Å². The molecule has 1 amide bonds. The molecule has 0 radical (unpaired) electrons. The molecule has 8 heteroatoms. The van der Waals surface area contributed by atoms with Gasteiger partial charge in [0.2, 0.25) is 0 Å². The summed E-state index contributed by atoms with van der Waals surface area (Å²) >= 11 is 3.53. The van der Waals surface area contributed by atoms with Gasteiger partial charge in [-0.05, 0) is 57.9 Å². The maximum absolute atomic E-state index is 13.3. The average molecular weight is 499 g/mol. The lowest BCUT2D eigenvalue weighted by Gasteiger charge is -2.48. The summed E-state index contributed by atoms with van der Waals surface area (Å²) in [4.78, 5) is 19.6. The van der Waals surface area contributed by atoms with Crippen LogP contribution in [0.4, 0.5) is 0 Å². The first kappa shape index (κ1) is 21.6. The van der Waals surface area contributed by atoms with E-state index in [0.29, 0.717) is 38.2 Å². The van der Waals surface area contributed by atoms with Crippen molar-refractivity contribution in [2.45, 2.75) is 37.5 Å². The summed E-state index contributed by atoms with van der Waals surface area (Å²) in [6.07, 6.45) is 5.21. The van der Waals surface area contributed by atoms with Crippen molar-refractivity contribution in [1.82, 2.24) is 19.6 Å². The number of benzene rings is 1. The van der Waals surface area contributed by atoms with Gasteiger partial charge in [-0.2, -0.15) is 0 Å². The lowest BCUT2D eigenvalue weighted by Crippen LogP contribution is -2.65. The number of pyridine rings is 1. The van der Waals surface area contributed by atoms with Crippen molar-refractivity contribution in [3.63, 3.8) is 0 Å². The van der Waals surface area contributed by atoms with Gasteiger partial charge in [-0.3, -0.25) is 4.79 Å². The number of aromatic nitrogens is 2. The van der Waals surface area contributed by atoms with E-state index in [2.05, 4.69) is 38.4 Å². The summed E-state index contributed by atoms with van der Waals surface area (Å²) in [6.45, 7) is 2.20. The largest absolute Gasteiger partial charge is 0.389 e. The number of nitrogens with zero attached hydrogens (tertiary/aromatic N) is 3. The Kier molecular flexibility index (Phi) is 5.79. The average Bonchev–Trinajstić information content (AvgIpc) is 3.23. The molecule has 1 saturated heterocycles. The van der Waals surface area contributed by atoms with Crippen LogP contribution in [-0.4, -0.2) is 63.7 Å². The van der Waals surface area contributed by atoms with Crippen molar-refractivity contribution in [1.29, 1.82) is 0 Å². The zero-order valence-electron chi connectivity index (χ0n) is 18.1. The smallest absolute Gasteiger partial charge is 0.274 e. The van der Waals surface area contributed by atoms with Gasteiger partial charge in [0, 0.05) is 43.6 Å². The number of hydrogen-bond donors (Lipinski definition) is 2. The fraction of sp³-hybridized carbons (Fsp3) is 0.417. The van der Waals surface area contributed by atoms with Crippen LogP contribution in [0.25, 0.3) is 5.65 Å². The number of rotatable bonds is 4. The highest BCUT2D eigenvalue weighted by Gasteiger charge is 2.45. The van der Waals surface area contributed by atoms with Crippen LogP contribution >= 0.6 is 15.9 Å². The van der Waals surface area contributed by atoms with Crippen LogP contribution in [0.5, 0.6) is 0 Å². The molecule has 7 nitrogen and oxygen atoms in total. The molecule has 2 N–H and O–H groups in total. The Morgan fingerprint density at radius 3 is 2.94 bits per heavy atom. The van der Waals surface area contributed by atoms with Crippen molar-refractivity contribution in [3.8, 4) is 0 Å². The van der Waals surface area contributed by atoms with E-state index in [1.165, 1.54) is 11.1 Å². The van der Waals surface area contributed by atoms with Crippen molar-refractivity contribution >= 4 is 27.5 Å². The Morgan fingerprint density at radius 2 is 2.16 bits per heavy atom. The van der Waals surface area contributed by atoms with E-state index in [1.807, 2.05) is 28.8 Å². The molecule has 0 unspecified atom stereocenters. The third-order valence-corrected chi connectivity index (χ3v) is 7.22. The highest BCUT2D eigenvalue weighted by atomic mass is 79.9. The molecular formula is C24H27BrN4O3. The maximum Gasteiger partial charge on any atom is 0.274 e. The molecule has 1 spiro atoms. The molecule has 4 heterocycles. The fourth-order valence-electron chi connectivity index (χ4n) is 4.94. The zero-order chi connectivity index (χ0) is 22.3. The van der Waals surface area contributed by atoms with Crippen molar-refractivity contribution in [3.05, 3.63) is 69.6 Å². The Bertz CT molecular complexity index is 1160. The van der Waals surface area contributed by atoms with E-state index >= 15 is 0 Å². The predicted octanol–water partition coefficient (Wildman–Crippen LogP) is 2.58.